The maximum Gasteiger partial charge on any atom is 0.243 e. The van der Waals surface area contributed by atoms with Crippen LogP contribution in [0.2, 0.25) is 0 Å². The Labute approximate surface area is 228 Å². The minimum Gasteiger partial charge on any atom is -0.492 e. The molecular formula is C29H43N3O5S. The molecule has 2 aromatic carbocycles. The van der Waals surface area contributed by atoms with Gasteiger partial charge < -0.3 is 15.0 Å². The fraction of sp³-hybridized carbons (Fsp3) is 0.517. The molecule has 2 aromatic rings. The third kappa shape index (κ3) is 9.35. The van der Waals surface area contributed by atoms with Crippen molar-refractivity contribution in [3.63, 3.8) is 0 Å². The Hall–Kier alpha value is -3.07. The summed E-state index contributed by atoms with van der Waals surface area (Å²) in [6.07, 6.45) is 3.47. The molecule has 0 aliphatic rings. The van der Waals surface area contributed by atoms with E-state index in [0.717, 1.165) is 18.2 Å². The van der Waals surface area contributed by atoms with Crippen molar-refractivity contribution < 1.29 is 22.7 Å². The van der Waals surface area contributed by atoms with Crippen molar-refractivity contribution in [1.82, 2.24) is 10.2 Å². The zero-order valence-electron chi connectivity index (χ0n) is 23.4. The summed E-state index contributed by atoms with van der Waals surface area (Å²) in [5.74, 6) is 0.147. The number of carbonyl (C=O) groups is 2. The number of carbonyl (C=O) groups excluding carboxylic acids is 2. The van der Waals surface area contributed by atoms with Crippen molar-refractivity contribution in [1.29, 1.82) is 0 Å². The third-order valence-electron chi connectivity index (χ3n) is 6.46. The summed E-state index contributed by atoms with van der Waals surface area (Å²) in [6, 6.07) is 16.3. The first-order chi connectivity index (χ1) is 18.1. The van der Waals surface area contributed by atoms with Gasteiger partial charge in [0.25, 0.3) is 0 Å². The molecule has 0 heterocycles. The predicted molar refractivity (Wildman–Crippen MR) is 153 cm³/mol. The number of nitrogens with one attached hydrogen (secondary N) is 1. The summed E-state index contributed by atoms with van der Waals surface area (Å²) in [4.78, 5) is 28.3. The first-order valence-electron chi connectivity index (χ1n) is 13.5. The summed E-state index contributed by atoms with van der Waals surface area (Å²) in [5.41, 5.74) is 1.53. The number of hydrogen-bond acceptors (Lipinski definition) is 5. The molecule has 0 radical (unpaired) electrons. The zero-order valence-corrected chi connectivity index (χ0v) is 24.2. The molecule has 0 unspecified atom stereocenters. The molecule has 0 saturated carbocycles. The number of para-hydroxylation sites is 2. The van der Waals surface area contributed by atoms with Crippen molar-refractivity contribution in [3.05, 3.63) is 60.2 Å². The lowest BCUT2D eigenvalue weighted by molar-refractivity contribution is -0.141. The molecule has 2 atom stereocenters. The Morgan fingerprint density at radius 1 is 0.947 bits per heavy atom. The van der Waals surface area contributed by atoms with Gasteiger partial charge in [0.15, 0.2) is 0 Å². The average molecular weight is 546 g/mol. The van der Waals surface area contributed by atoms with Gasteiger partial charge in [-0.2, -0.15) is 0 Å². The van der Waals surface area contributed by atoms with Gasteiger partial charge >= 0.3 is 0 Å². The molecule has 0 spiro atoms. The molecule has 0 aliphatic carbocycles. The molecule has 2 amide bonds. The van der Waals surface area contributed by atoms with Gasteiger partial charge in [-0.1, -0.05) is 56.3 Å². The van der Waals surface area contributed by atoms with Crippen LogP contribution in [0, 0.1) is 0 Å². The summed E-state index contributed by atoms with van der Waals surface area (Å²) in [6.45, 7) is 8.61. The van der Waals surface area contributed by atoms with Crippen LogP contribution in [0.1, 0.15) is 58.9 Å². The van der Waals surface area contributed by atoms with Crippen molar-refractivity contribution >= 4 is 27.5 Å². The Kier molecular flexibility index (Phi) is 12.6. The fourth-order valence-corrected chi connectivity index (χ4v) is 5.23. The van der Waals surface area contributed by atoms with Crippen LogP contribution in [0.15, 0.2) is 54.6 Å². The van der Waals surface area contributed by atoms with Crippen molar-refractivity contribution in [2.24, 2.45) is 0 Å². The molecule has 0 aromatic heterocycles. The number of amides is 2. The number of rotatable bonds is 16. The highest BCUT2D eigenvalue weighted by atomic mass is 32.2. The van der Waals surface area contributed by atoms with E-state index >= 15 is 0 Å². The maximum atomic E-state index is 13.5. The molecule has 0 bridgehead atoms. The standard InChI is InChI=1S/C29H43N3O5S/c1-6-23(4)30-29(34)25(7-2)31(22-20-24-15-10-9-11-16-24)28(33)19-14-21-32(38(5,35)36)26-17-12-13-18-27(26)37-8-3/h9-13,15-18,23,25H,6-8,14,19-22H2,1-5H3,(H,30,34)/t23-,25+/m1/s1. The Balaban J connectivity index is 2.20. The van der Waals surface area contributed by atoms with Crippen LogP contribution in [0.25, 0.3) is 0 Å². The Morgan fingerprint density at radius 3 is 2.21 bits per heavy atom. The summed E-state index contributed by atoms with van der Waals surface area (Å²) in [7, 11) is -3.61. The first-order valence-corrected chi connectivity index (χ1v) is 15.3. The molecule has 0 fully saturated rings. The number of hydrogen-bond donors (Lipinski definition) is 1. The van der Waals surface area contributed by atoms with Gasteiger partial charge in [0.05, 0.1) is 18.6 Å². The van der Waals surface area contributed by atoms with Crippen molar-refractivity contribution in [2.45, 2.75) is 71.9 Å². The fourth-order valence-electron chi connectivity index (χ4n) is 4.26. The van der Waals surface area contributed by atoms with Gasteiger partial charge in [0.2, 0.25) is 21.8 Å². The van der Waals surface area contributed by atoms with Gasteiger partial charge in [-0.15, -0.1) is 0 Å². The highest BCUT2D eigenvalue weighted by Gasteiger charge is 2.29. The smallest absolute Gasteiger partial charge is 0.243 e. The van der Waals surface area contributed by atoms with Gasteiger partial charge in [-0.25, -0.2) is 8.42 Å². The van der Waals surface area contributed by atoms with Crippen LogP contribution >= 0.6 is 0 Å². The molecule has 0 saturated heterocycles. The minimum atomic E-state index is -3.61. The highest BCUT2D eigenvalue weighted by molar-refractivity contribution is 7.92. The van der Waals surface area contributed by atoms with E-state index in [2.05, 4.69) is 5.32 Å². The van der Waals surface area contributed by atoms with Crippen LogP contribution in [0.3, 0.4) is 0 Å². The van der Waals surface area contributed by atoms with E-state index in [1.807, 2.05) is 58.0 Å². The largest absolute Gasteiger partial charge is 0.492 e. The van der Waals surface area contributed by atoms with E-state index in [0.29, 0.717) is 43.9 Å². The van der Waals surface area contributed by atoms with E-state index in [-0.39, 0.29) is 30.8 Å². The SMILES string of the molecule is CCOc1ccccc1N(CCCC(=O)N(CCc1ccccc1)[C@@H](CC)C(=O)N[C@H](C)CC)S(C)(=O)=O. The van der Waals surface area contributed by atoms with Gasteiger partial charge in [-0.3, -0.25) is 13.9 Å². The van der Waals surface area contributed by atoms with E-state index < -0.39 is 16.1 Å². The second-order valence-electron chi connectivity index (χ2n) is 9.40. The predicted octanol–water partition coefficient (Wildman–Crippen LogP) is 4.40. The summed E-state index contributed by atoms with van der Waals surface area (Å²) < 4.78 is 32.2. The van der Waals surface area contributed by atoms with E-state index in [1.165, 1.54) is 4.31 Å². The van der Waals surface area contributed by atoms with Crippen molar-refractivity contribution in [2.75, 3.05) is 30.3 Å². The highest BCUT2D eigenvalue weighted by Crippen LogP contribution is 2.30. The minimum absolute atomic E-state index is 0.0105. The zero-order chi connectivity index (χ0) is 28.1. The number of benzene rings is 2. The number of sulfonamides is 1. The second kappa shape index (κ2) is 15.4. The monoisotopic (exact) mass is 545 g/mol. The lowest BCUT2D eigenvalue weighted by atomic mass is 10.1. The van der Waals surface area contributed by atoms with Gasteiger partial charge in [0, 0.05) is 25.6 Å². The van der Waals surface area contributed by atoms with Crippen molar-refractivity contribution in [3.8, 4) is 5.75 Å². The molecule has 38 heavy (non-hydrogen) atoms. The maximum absolute atomic E-state index is 13.5. The number of nitrogens with zero attached hydrogens (tertiary/aromatic N) is 2. The van der Waals surface area contributed by atoms with Crippen LogP contribution in [-0.2, 0) is 26.0 Å². The topological polar surface area (TPSA) is 96.0 Å². The lowest BCUT2D eigenvalue weighted by Crippen LogP contribution is -2.51. The van der Waals surface area contributed by atoms with Crippen LogP contribution in [-0.4, -0.2) is 63.2 Å². The third-order valence-corrected chi connectivity index (χ3v) is 7.64. The molecule has 8 nitrogen and oxygen atoms in total. The quantitative estimate of drug-likeness (QED) is 0.337. The van der Waals surface area contributed by atoms with Gasteiger partial charge in [-0.05, 0) is 57.2 Å². The summed E-state index contributed by atoms with van der Waals surface area (Å²) in [5, 5.41) is 3.01. The van der Waals surface area contributed by atoms with Gasteiger partial charge in [0.1, 0.15) is 11.8 Å². The van der Waals surface area contributed by atoms with E-state index in [4.69, 9.17) is 4.74 Å². The molecule has 1 N–H and O–H groups in total. The normalized spacial score (nSPS) is 12.9. The van der Waals surface area contributed by atoms with Crippen LogP contribution in [0.4, 0.5) is 5.69 Å². The number of anilines is 1. The first kappa shape index (κ1) is 31.1. The van der Waals surface area contributed by atoms with Crippen LogP contribution < -0.4 is 14.4 Å². The molecule has 0 aliphatic heterocycles. The molecule has 210 valence electrons. The Bertz CT molecular complexity index is 1120. The average Bonchev–Trinajstić information content (AvgIpc) is 2.89. The van der Waals surface area contributed by atoms with E-state index in [9.17, 15) is 18.0 Å². The second-order valence-corrected chi connectivity index (χ2v) is 11.3. The molecule has 9 heteroatoms. The van der Waals surface area contributed by atoms with E-state index in [1.54, 1.807) is 29.2 Å². The number of ether oxygens (including phenoxy) is 1. The summed E-state index contributed by atoms with van der Waals surface area (Å²) >= 11 is 0. The molecule has 2 rings (SSSR count). The Morgan fingerprint density at radius 2 is 1.61 bits per heavy atom. The van der Waals surface area contributed by atoms with Crippen LogP contribution in [0.5, 0.6) is 5.75 Å². The lowest BCUT2D eigenvalue weighted by Gasteiger charge is -2.32. The molecular weight excluding hydrogens is 502 g/mol.